The second-order valence-electron chi connectivity index (χ2n) is 3.72. The highest BCUT2D eigenvalue weighted by Gasteiger charge is 2.34. The Morgan fingerprint density at radius 2 is 1.95 bits per heavy atom. The molecule has 3 N–H and O–H groups in total. The molecule has 4 nitrogen and oxygen atoms in total. The van der Waals surface area contributed by atoms with E-state index in [1.807, 2.05) is 0 Å². The highest BCUT2D eigenvalue weighted by atomic mass is 79.9. The Morgan fingerprint density at radius 1 is 1.26 bits per heavy atom. The van der Waals surface area contributed by atoms with E-state index in [2.05, 4.69) is 26.1 Å². The fourth-order valence-electron chi connectivity index (χ4n) is 1.51. The molecule has 2 aromatic rings. The molecule has 1 aromatic carbocycles. The zero-order valence-electron chi connectivity index (χ0n) is 9.25. The lowest BCUT2D eigenvalue weighted by Gasteiger charge is -2.13. The van der Waals surface area contributed by atoms with Gasteiger partial charge in [-0.05, 0) is 34.1 Å². The number of alkyl halides is 3. The van der Waals surface area contributed by atoms with Gasteiger partial charge in [0.05, 0.1) is 16.9 Å². The maximum Gasteiger partial charge on any atom is 0.418 e. The van der Waals surface area contributed by atoms with Crippen molar-refractivity contribution in [3.05, 3.63) is 44.7 Å². The number of benzene rings is 1. The van der Waals surface area contributed by atoms with E-state index >= 15 is 0 Å². The number of H-pyrrole nitrogens is 1. The molecule has 19 heavy (non-hydrogen) atoms. The van der Waals surface area contributed by atoms with Gasteiger partial charge < -0.3 is 5.73 Å². The third-order valence-corrected chi connectivity index (χ3v) is 3.07. The SMILES string of the molecule is Nc1c(Br)cc(-c2ccc(=O)[nH]n2)cc1C(F)(F)F. The highest BCUT2D eigenvalue weighted by Crippen LogP contribution is 2.39. The number of nitrogens with two attached hydrogens (primary N) is 1. The summed E-state index contributed by atoms with van der Waals surface area (Å²) in [7, 11) is 0. The van der Waals surface area contributed by atoms with E-state index in [1.165, 1.54) is 18.2 Å². The van der Waals surface area contributed by atoms with Gasteiger partial charge in [0.15, 0.2) is 0 Å². The van der Waals surface area contributed by atoms with Crippen LogP contribution in [0.5, 0.6) is 0 Å². The summed E-state index contributed by atoms with van der Waals surface area (Å²) in [6, 6.07) is 4.81. The largest absolute Gasteiger partial charge is 0.418 e. The summed E-state index contributed by atoms with van der Waals surface area (Å²) in [5.74, 6) is 0. The van der Waals surface area contributed by atoms with E-state index in [9.17, 15) is 18.0 Å². The van der Waals surface area contributed by atoms with Crippen LogP contribution in [0, 0.1) is 0 Å². The summed E-state index contributed by atoms with van der Waals surface area (Å²) in [5.41, 5.74) is 4.03. The Balaban J connectivity index is 2.63. The fourth-order valence-corrected chi connectivity index (χ4v) is 1.97. The van der Waals surface area contributed by atoms with Crippen LogP contribution in [0.1, 0.15) is 5.56 Å². The Bertz CT molecular complexity index is 661. The van der Waals surface area contributed by atoms with Gasteiger partial charge in [-0.3, -0.25) is 4.79 Å². The average molecular weight is 334 g/mol. The molecule has 0 amide bonds. The molecule has 100 valence electrons. The molecular formula is C11H7BrF3N3O. The number of aromatic nitrogens is 2. The van der Waals surface area contributed by atoms with E-state index in [0.717, 1.165) is 6.07 Å². The van der Waals surface area contributed by atoms with E-state index in [-0.39, 0.29) is 21.4 Å². The van der Waals surface area contributed by atoms with Gasteiger partial charge in [-0.15, -0.1) is 0 Å². The maximum absolute atomic E-state index is 12.8. The Kier molecular flexibility index (Phi) is 3.36. The van der Waals surface area contributed by atoms with Crippen LogP contribution in [0.4, 0.5) is 18.9 Å². The molecular weight excluding hydrogens is 327 g/mol. The number of nitrogens with one attached hydrogen (secondary N) is 1. The zero-order valence-corrected chi connectivity index (χ0v) is 10.8. The predicted octanol–water partition coefficient (Wildman–Crippen LogP) is 2.80. The van der Waals surface area contributed by atoms with Crippen molar-refractivity contribution in [2.45, 2.75) is 6.18 Å². The molecule has 2 rings (SSSR count). The van der Waals surface area contributed by atoms with Crippen LogP contribution in [-0.4, -0.2) is 10.2 Å². The van der Waals surface area contributed by atoms with Gasteiger partial charge in [0.25, 0.3) is 5.56 Å². The van der Waals surface area contributed by atoms with Crippen LogP contribution in [0.3, 0.4) is 0 Å². The molecule has 1 heterocycles. The third-order valence-electron chi connectivity index (χ3n) is 2.41. The smallest absolute Gasteiger partial charge is 0.397 e. The summed E-state index contributed by atoms with van der Waals surface area (Å²) >= 11 is 2.98. The molecule has 0 radical (unpaired) electrons. The van der Waals surface area contributed by atoms with E-state index < -0.39 is 17.3 Å². The van der Waals surface area contributed by atoms with Crippen LogP contribution in [0.2, 0.25) is 0 Å². The van der Waals surface area contributed by atoms with Crippen molar-refractivity contribution in [2.24, 2.45) is 0 Å². The zero-order chi connectivity index (χ0) is 14.2. The van der Waals surface area contributed by atoms with E-state index in [0.29, 0.717) is 0 Å². The van der Waals surface area contributed by atoms with Crippen molar-refractivity contribution in [1.82, 2.24) is 10.2 Å². The maximum atomic E-state index is 12.8. The number of anilines is 1. The van der Waals surface area contributed by atoms with Crippen LogP contribution in [0.15, 0.2) is 33.5 Å². The third kappa shape index (κ3) is 2.78. The van der Waals surface area contributed by atoms with Crippen molar-refractivity contribution >= 4 is 21.6 Å². The second kappa shape index (κ2) is 4.69. The van der Waals surface area contributed by atoms with Crippen LogP contribution >= 0.6 is 15.9 Å². The van der Waals surface area contributed by atoms with E-state index in [4.69, 9.17) is 5.73 Å². The molecule has 1 aromatic heterocycles. The minimum absolute atomic E-state index is 0.116. The first-order valence-corrected chi connectivity index (χ1v) is 5.80. The van der Waals surface area contributed by atoms with Crippen molar-refractivity contribution in [3.63, 3.8) is 0 Å². The van der Waals surface area contributed by atoms with Crippen molar-refractivity contribution < 1.29 is 13.2 Å². The van der Waals surface area contributed by atoms with E-state index in [1.54, 1.807) is 0 Å². The van der Waals surface area contributed by atoms with Crippen LogP contribution in [0.25, 0.3) is 11.3 Å². The molecule has 0 aliphatic heterocycles. The average Bonchev–Trinajstić information content (AvgIpc) is 2.32. The minimum Gasteiger partial charge on any atom is -0.397 e. The molecule has 8 heteroatoms. The fraction of sp³-hybridized carbons (Fsp3) is 0.0909. The molecule has 0 atom stereocenters. The molecule has 0 saturated carbocycles. The lowest BCUT2D eigenvalue weighted by molar-refractivity contribution is -0.136. The molecule has 0 aliphatic carbocycles. The lowest BCUT2D eigenvalue weighted by atomic mass is 10.1. The number of rotatable bonds is 1. The van der Waals surface area contributed by atoms with Crippen LogP contribution < -0.4 is 11.3 Å². The Hall–Kier alpha value is -1.83. The number of aromatic amines is 1. The van der Waals surface area contributed by atoms with Crippen LogP contribution in [-0.2, 0) is 6.18 Å². The summed E-state index contributed by atoms with van der Waals surface area (Å²) in [6.07, 6.45) is -4.56. The molecule has 0 unspecified atom stereocenters. The monoisotopic (exact) mass is 333 g/mol. The number of halogens is 4. The molecule has 0 aliphatic rings. The van der Waals surface area contributed by atoms with Gasteiger partial charge in [-0.25, -0.2) is 5.10 Å². The summed E-state index contributed by atoms with van der Waals surface area (Å²) < 4.78 is 38.5. The topological polar surface area (TPSA) is 71.8 Å². The number of hydrogen-bond acceptors (Lipinski definition) is 3. The highest BCUT2D eigenvalue weighted by molar-refractivity contribution is 9.10. The normalized spacial score (nSPS) is 11.6. The van der Waals surface area contributed by atoms with Gasteiger partial charge >= 0.3 is 6.18 Å². The first-order chi connectivity index (χ1) is 8.79. The van der Waals surface area contributed by atoms with Crippen molar-refractivity contribution in [1.29, 1.82) is 0 Å². The van der Waals surface area contributed by atoms with Gasteiger partial charge in [0.2, 0.25) is 0 Å². The Labute approximate surface area is 113 Å². The molecule has 0 bridgehead atoms. The number of hydrogen-bond donors (Lipinski definition) is 2. The molecule has 0 fully saturated rings. The van der Waals surface area contributed by atoms with Gasteiger partial charge in [-0.1, -0.05) is 0 Å². The summed E-state index contributed by atoms with van der Waals surface area (Å²) in [5, 5.41) is 5.83. The quantitative estimate of drug-likeness (QED) is 0.788. The second-order valence-corrected chi connectivity index (χ2v) is 4.58. The standard InChI is InChI=1S/C11H7BrF3N3O/c12-7-4-5(8-1-2-9(19)18-17-8)3-6(10(7)16)11(13,14)15/h1-4H,16H2,(H,18,19). The lowest BCUT2D eigenvalue weighted by Crippen LogP contribution is -2.10. The van der Waals surface area contributed by atoms with Gasteiger partial charge in [-0.2, -0.15) is 18.3 Å². The molecule has 0 spiro atoms. The predicted molar refractivity (Wildman–Crippen MR) is 67.4 cm³/mol. The van der Waals surface area contributed by atoms with Crippen molar-refractivity contribution in [3.8, 4) is 11.3 Å². The summed E-state index contributed by atoms with van der Waals surface area (Å²) in [6.45, 7) is 0. The van der Waals surface area contributed by atoms with Crippen molar-refractivity contribution in [2.75, 3.05) is 5.73 Å². The molecule has 0 saturated heterocycles. The number of nitrogen functional groups attached to an aromatic ring is 1. The van der Waals surface area contributed by atoms with Gasteiger partial charge in [0.1, 0.15) is 0 Å². The van der Waals surface area contributed by atoms with Gasteiger partial charge in [0, 0.05) is 16.1 Å². The summed E-state index contributed by atoms with van der Waals surface area (Å²) in [4.78, 5) is 10.9. The number of nitrogens with zero attached hydrogens (tertiary/aromatic N) is 1. The Morgan fingerprint density at radius 3 is 2.47 bits per heavy atom. The first kappa shape index (κ1) is 13.6. The first-order valence-electron chi connectivity index (χ1n) is 5.01. The minimum atomic E-state index is -4.56.